The molecule has 0 heterocycles. The number of rotatable bonds is 13. The predicted octanol–water partition coefficient (Wildman–Crippen LogP) is 4.36. The van der Waals surface area contributed by atoms with Crippen LogP contribution in [0.2, 0.25) is 0 Å². The molecule has 3 nitrogen and oxygen atoms in total. The quantitative estimate of drug-likeness (QED) is 0.512. The van der Waals surface area contributed by atoms with Gasteiger partial charge in [0.15, 0.2) is 0 Å². The zero-order valence-corrected chi connectivity index (χ0v) is 15.1. The van der Waals surface area contributed by atoms with Crippen LogP contribution in [-0.4, -0.2) is 36.0 Å². The highest BCUT2D eigenvalue weighted by Gasteiger charge is 2.30. The number of carbonyl (C=O) groups excluding carboxylic acids is 1. The Labute approximate surface area is 132 Å². The van der Waals surface area contributed by atoms with Gasteiger partial charge in [-0.3, -0.25) is 4.79 Å². The molecule has 0 aromatic rings. The van der Waals surface area contributed by atoms with E-state index in [0.717, 1.165) is 32.5 Å². The summed E-state index contributed by atoms with van der Waals surface area (Å²) in [5.74, 6) is 0.261. The van der Waals surface area contributed by atoms with Gasteiger partial charge in [-0.2, -0.15) is 0 Å². The number of hydrogen-bond donors (Lipinski definition) is 1. The molecule has 0 aliphatic rings. The summed E-state index contributed by atoms with van der Waals surface area (Å²) in [6.07, 6.45) is 9.77. The number of nitrogens with one attached hydrogen (secondary N) is 1. The lowest BCUT2D eigenvalue weighted by atomic mass is 10.0. The zero-order valence-electron chi connectivity index (χ0n) is 15.1. The van der Waals surface area contributed by atoms with Gasteiger partial charge in [0, 0.05) is 13.1 Å². The van der Waals surface area contributed by atoms with Crippen LogP contribution in [0.1, 0.15) is 86.0 Å². The van der Waals surface area contributed by atoms with E-state index >= 15 is 0 Å². The number of hydrogen-bond acceptors (Lipinski definition) is 2. The van der Waals surface area contributed by atoms with Gasteiger partial charge in [0.25, 0.3) is 0 Å². The van der Waals surface area contributed by atoms with E-state index in [0.29, 0.717) is 0 Å². The van der Waals surface area contributed by atoms with E-state index in [2.05, 4.69) is 31.0 Å². The van der Waals surface area contributed by atoms with Crippen LogP contribution < -0.4 is 5.32 Å². The normalized spacial score (nSPS) is 11.7. The molecule has 0 spiro atoms. The number of amides is 1. The molecule has 1 N–H and O–H groups in total. The molecule has 0 saturated carbocycles. The highest BCUT2D eigenvalue weighted by Crippen LogP contribution is 2.12. The number of carbonyl (C=O) groups is 1. The largest absolute Gasteiger partial charge is 0.341 e. The molecule has 0 radical (unpaired) electrons. The van der Waals surface area contributed by atoms with Crippen LogP contribution in [0.5, 0.6) is 0 Å². The molecule has 0 fully saturated rings. The molecule has 0 unspecified atom stereocenters. The first kappa shape index (κ1) is 20.4. The predicted molar refractivity (Wildman–Crippen MR) is 92.6 cm³/mol. The molecule has 0 aromatic carbocycles. The molecular formula is C18H38N2O. The SMILES string of the molecule is CCCCCCN(CCCCCC)C(=O)C(C)(C)NCC. The Morgan fingerprint density at radius 3 is 1.71 bits per heavy atom. The summed E-state index contributed by atoms with van der Waals surface area (Å²) in [5.41, 5.74) is -0.440. The summed E-state index contributed by atoms with van der Waals surface area (Å²) in [6, 6.07) is 0. The Bertz CT molecular complexity index is 252. The van der Waals surface area contributed by atoms with Gasteiger partial charge in [-0.1, -0.05) is 59.3 Å². The maximum Gasteiger partial charge on any atom is 0.242 e. The molecule has 126 valence electrons. The highest BCUT2D eigenvalue weighted by molar-refractivity contribution is 5.85. The molecule has 0 aromatic heterocycles. The second-order valence-electron chi connectivity index (χ2n) is 6.57. The van der Waals surface area contributed by atoms with Gasteiger partial charge in [0.2, 0.25) is 5.91 Å². The van der Waals surface area contributed by atoms with Gasteiger partial charge >= 0.3 is 0 Å². The van der Waals surface area contributed by atoms with Crippen molar-refractivity contribution in [1.82, 2.24) is 10.2 Å². The van der Waals surface area contributed by atoms with Crippen molar-refractivity contribution < 1.29 is 4.79 Å². The summed E-state index contributed by atoms with van der Waals surface area (Å²) in [5, 5.41) is 3.31. The monoisotopic (exact) mass is 298 g/mol. The summed E-state index contributed by atoms with van der Waals surface area (Å²) in [6.45, 7) is 13.2. The Hall–Kier alpha value is -0.570. The van der Waals surface area contributed by atoms with Crippen molar-refractivity contribution >= 4 is 5.91 Å². The fraction of sp³-hybridized carbons (Fsp3) is 0.944. The van der Waals surface area contributed by atoms with Crippen molar-refractivity contribution in [2.45, 2.75) is 91.5 Å². The van der Waals surface area contributed by atoms with E-state index in [1.54, 1.807) is 0 Å². The Kier molecular flexibility index (Phi) is 11.7. The van der Waals surface area contributed by atoms with Gasteiger partial charge in [-0.05, 0) is 33.2 Å². The summed E-state index contributed by atoms with van der Waals surface area (Å²) in [4.78, 5) is 14.8. The second kappa shape index (κ2) is 12.0. The third-order valence-corrected chi connectivity index (χ3v) is 4.00. The fourth-order valence-corrected chi connectivity index (χ4v) is 2.69. The van der Waals surface area contributed by atoms with Crippen LogP contribution in [0.3, 0.4) is 0 Å². The van der Waals surface area contributed by atoms with E-state index in [1.165, 1.54) is 38.5 Å². The van der Waals surface area contributed by atoms with Crippen LogP contribution in [0.25, 0.3) is 0 Å². The smallest absolute Gasteiger partial charge is 0.242 e. The van der Waals surface area contributed by atoms with E-state index in [4.69, 9.17) is 0 Å². The maximum absolute atomic E-state index is 12.7. The van der Waals surface area contributed by atoms with Gasteiger partial charge in [-0.25, -0.2) is 0 Å². The maximum atomic E-state index is 12.7. The third-order valence-electron chi connectivity index (χ3n) is 4.00. The second-order valence-corrected chi connectivity index (χ2v) is 6.57. The molecule has 3 heteroatoms. The Balaban J connectivity index is 4.42. The zero-order chi connectivity index (χ0) is 16.1. The molecule has 1 amide bonds. The lowest BCUT2D eigenvalue weighted by Crippen LogP contribution is -2.54. The molecule has 0 aliphatic carbocycles. The average molecular weight is 299 g/mol. The molecule has 0 aliphatic heterocycles. The Morgan fingerprint density at radius 1 is 0.857 bits per heavy atom. The number of nitrogens with zero attached hydrogens (tertiary/aromatic N) is 1. The van der Waals surface area contributed by atoms with Crippen LogP contribution in [0, 0.1) is 0 Å². The van der Waals surface area contributed by atoms with E-state index in [-0.39, 0.29) is 5.91 Å². The standard InChI is InChI=1S/C18H38N2O/c1-6-9-11-13-15-20(16-14-12-10-7-2)17(21)18(4,5)19-8-3/h19H,6-16H2,1-5H3. The van der Waals surface area contributed by atoms with Gasteiger partial charge < -0.3 is 10.2 Å². The van der Waals surface area contributed by atoms with Gasteiger partial charge in [0.1, 0.15) is 0 Å². The Morgan fingerprint density at radius 2 is 1.33 bits per heavy atom. The van der Waals surface area contributed by atoms with Crippen LogP contribution in [0.4, 0.5) is 0 Å². The van der Waals surface area contributed by atoms with Crippen molar-refractivity contribution in [2.75, 3.05) is 19.6 Å². The van der Waals surface area contributed by atoms with Gasteiger partial charge in [0.05, 0.1) is 5.54 Å². The molecule has 0 bridgehead atoms. The van der Waals surface area contributed by atoms with E-state index in [9.17, 15) is 4.79 Å². The number of unbranched alkanes of at least 4 members (excludes halogenated alkanes) is 6. The first-order valence-corrected chi connectivity index (χ1v) is 9.04. The molecular weight excluding hydrogens is 260 g/mol. The van der Waals surface area contributed by atoms with E-state index < -0.39 is 5.54 Å². The molecule has 0 saturated heterocycles. The minimum atomic E-state index is -0.440. The summed E-state index contributed by atoms with van der Waals surface area (Å²) >= 11 is 0. The highest BCUT2D eigenvalue weighted by atomic mass is 16.2. The average Bonchev–Trinajstić information content (AvgIpc) is 2.45. The van der Waals surface area contributed by atoms with Crippen molar-refractivity contribution in [2.24, 2.45) is 0 Å². The minimum Gasteiger partial charge on any atom is -0.341 e. The molecule has 0 rings (SSSR count). The van der Waals surface area contributed by atoms with Crippen molar-refractivity contribution in [1.29, 1.82) is 0 Å². The first-order chi connectivity index (χ1) is 9.99. The first-order valence-electron chi connectivity index (χ1n) is 9.04. The van der Waals surface area contributed by atoms with Crippen LogP contribution in [-0.2, 0) is 4.79 Å². The molecule has 0 atom stereocenters. The van der Waals surface area contributed by atoms with Crippen molar-refractivity contribution in [3.8, 4) is 0 Å². The summed E-state index contributed by atoms with van der Waals surface area (Å²) < 4.78 is 0. The lowest BCUT2D eigenvalue weighted by molar-refractivity contribution is -0.137. The topological polar surface area (TPSA) is 32.3 Å². The van der Waals surface area contributed by atoms with E-state index in [1.807, 2.05) is 13.8 Å². The minimum absolute atomic E-state index is 0.261. The number of likely N-dealkylation sites (N-methyl/N-ethyl adjacent to an activating group) is 1. The van der Waals surface area contributed by atoms with Gasteiger partial charge in [-0.15, -0.1) is 0 Å². The van der Waals surface area contributed by atoms with Crippen LogP contribution >= 0.6 is 0 Å². The third kappa shape index (κ3) is 9.13. The summed E-state index contributed by atoms with van der Waals surface area (Å²) in [7, 11) is 0. The van der Waals surface area contributed by atoms with Crippen molar-refractivity contribution in [3.05, 3.63) is 0 Å². The molecule has 21 heavy (non-hydrogen) atoms. The van der Waals surface area contributed by atoms with Crippen molar-refractivity contribution in [3.63, 3.8) is 0 Å². The lowest BCUT2D eigenvalue weighted by Gasteiger charge is -2.32. The fourth-order valence-electron chi connectivity index (χ4n) is 2.69. The van der Waals surface area contributed by atoms with Crippen LogP contribution in [0.15, 0.2) is 0 Å².